The van der Waals surface area contributed by atoms with Gasteiger partial charge in [-0.15, -0.1) is 0 Å². The smallest absolute Gasteiger partial charge is 0.343 e. The third-order valence-electron chi connectivity index (χ3n) is 3.43. The lowest BCUT2D eigenvalue weighted by Gasteiger charge is -2.07. The van der Waals surface area contributed by atoms with E-state index in [0.29, 0.717) is 12.3 Å². The molecular weight excluding hydrogens is 326 g/mol. The maximum absolute atomic E-state index is 12.4. The molecule has 0 atom stereocenters. The second-order valence-electron chi connectivity index (χ2n) is 5.17. The Morgan fingerprint density at radius 2 is 2.16 bits per heavy atom. The minimum atomic E-state index is -0.551. The van der Waals surface area contributed by atoms with Gasteiger partial charge >= 0.3 is 5.97 Å². The van der Waals surface area contributed by atoms with Crippen molar-refractivity contribution in [3.05, 3.63) is 53.9 Å². The van der Waals surface area contributed by atoms with Crippen LogP contribution in [0.25, 0.3) is 0 Å². The molecule has 9 heteroatoms. The fourth-order valence-electron chi connectivity index (χ4n) is 2.25. The third-order valence-corrected chi connectivity index (χ3v) is 3.43. The first-order valence-corrected chi connectivity index (χ1v) is 7.65. The average molecular weight is 343 g/mol. The minimum absolute atomic E-state index is 0.123. The van der Waals surface area contributed by atoms with Gasteiger partial charge in [0.15, 0.2) is 5.76 Å². The number of nitrogens with one attached hydrogen (secondary N) is 1. The molecule has 0 radical (unpaired) electrons. The normalized spacial score (nSPS) is 10.6. The Balaban J connectivity index is 1.74. The summed E-state index contributed by atoms with van der Waals surface area (Å²) in [5.41, 5.74) is 0.182. The highest BCUT2D eigenvalue weighted by molar-refractivity contribution is 6.05. The van der Waals surface area contributed by atoms with Crippen molar-refractivity contribution in [2.75, 3.05) is 11.9 Å². The molecule has 0 saturated heterocycles. The van der Waals surface area contributed by atoms with E-state index in [1.54, 1.807) is 49.2 Å². The van der Waals surface area contributed by atoms with Crippen LogP contribution >= 0.6 is 0 Å². The van der Waals surface area contributed by atoms with Crippen LogP contribution in [-0.4, -0.2) is 38.0 Å². The Morgan fingerprint density at radius 1 is 1.32 bits per heavy atom. The van der Waals surface area contributed by atoms with Crippen molar-refractivity contribution in [2.45, 2.75) is 13.5 Å². The summed E-state index contributed by atoms with van der Waals surface area (Å²) in [6.07, 6.45) is 4.80. The first kappa shape index (κ1) is 16.5. The molecule has 0 unspecified atom stereocenters. The summed E-state index contributed by atoms with van der Waals surface area (Å²) < 4.78 is 13.6. The highest BCUT2D eigenvalue weighted by atomic mass is 16.5. The molecule has 3 heterocycles. The van der Waals surface area contributed by atoms with E-state index in [1.165, 1.54) is 10.9 Å². The quantitative estimate of drug-likeness (QED) is 0.683. The summed E-state index contributed by atoms with van der Waals surface area (Å²) in [4.78, 5) is 24.3. The Bertz CT molecular complexity index is 878. The fraction of sp³-hybridized carbons (Fsp3) is 0.250. The van der Waals surface area contributed by atoms with Crippen molar-refractivity contribution >= 4 is 17.7 Å². The van der Waals surface area contributed by atoms with Crippen LogP contribution in [0.2, 0.25) is 0 Å². The number of aryl methyl sites for hydroxylation is 1. The number of amides is 1. The van der Waals surface area contributed by atoms with Crippen LogP contribution in [0.4, 0.5) is 5.82 Å². The van der Waals surface area contributed by atoms with Gasteiger partial charge in [0.05, 0.1) is 19.3 Å². The summed E-state index contributed by atoms with van der Waals surface area (Å²) in [7, 11) is 1.61. The monoisotopic (exact) mass is 343 g/mol. The second-order valence-corrected chi connectivity index (χ2v) is 5.17. The molecule has 0 aliphatic carbocycles. The van der Waals surface area contributed by atoms with Gasteiger partial charge in [0.1, 0.15) is 17.1 Å². The summed E-state index contributed by atoms with van der Waals surface area (Å²) in [5.74, 6) is -0.0818. The zero-order chi connectivity index (χ0) is 17.8. The molecule has 25 heavy (non-hydrogen) atoms. The van der Waals surface area contributed by atoms with E-state index in [4.69, 9.17) is 9.15 Å². The molecule has 1 N–H and O–H groups in total. The molecule has 3 aromatic heterocycles. The van der Waals surface area contributed by atoms with E-state index >= 15 is 0 Å². The number of nitrogens with zero attached hydrogens (tertiary/aromatic N) is 4. The highest BCUT2D eigenvalue weighted by Gasteiger charge is 2.21. The van der Waals surface area contributed by atoms with E-state index in [-0.39, 0.29) is 23.7 Å². The maximum atomic E-state index is 12.4. The third kappa shape index (κ3) is 3.60. The van der Waals surface area contributed by atoms with E-state index < -0.39 is 11.9 Å². The van der Waals surface area contributed by atoms with Crippen LogP contribution in [0.3, 0.4) is 0 Å². The van der Waals surface area contributed by atoms with Crippen LogP contribution in [0.1, 0.15) is 33.6 Å². The van der Waals surface area contributed by atoms with E-state index in [1.807, 2.05) is 0 Å². The molecule has 1 amide bonds. The Labute approximate surface area is 143 Å². The Kier molecular flexibility index (Phi) is 4.64. The zero-order valence-electron chi connectivity index (χ0n) is 13.8. The van der Waals surface area contributed by atoms with Crippen molar-refractivity contribution in [3.8, 4) is 0 Å². The molecule has 3 aromatic rings. The number of carbonyl (C=O) groups is 2. The van der Waals surface area contributed by atoms with Gasteiger partial charge in [0.2, 0.25) is 0 Å². The van der Waals surface area contributed by atoms with Crippen molar-refractivity contribution in [3.63, 3.8) is 0 Å². The highest BCUT2D eigenvalue weighted by Crippen LogP contribution is 2.18. The Morgan fingerprint density at radius 3 is 2.88 bits per heavy atom. The van der Waals surface area contributed by atoms with E-state index in [9.17, 15) is 9.59 Å². The van der Waals surface area contributed by atoms with Gasteiger partial charge in [-0.1, -0.05) is 0 Å². The van der Waals surface area contributed by atoms with Crippen LogP contribution in [0.15, 0.2) is 41.2 Å². The second kappa shape index (κ2) is 7.04. The van der Waals surface area contributed by atoms with Crippen molar-refractivity contribution in [1.29, 1.82) is 0 Å². The number of ether oxygens (including phenoxy) is 1. The van der Waals surface area contributed by atoms with Crippen molar-refractivity contribution in [1.82, 2.24) is 19.6 Å². The lowest BCUT2D eigenvalue weighted by molar-refractivity contribution is 0.0527. The van der Waals surface area contributed by atoms with Gasteiger partial charge < -0.3 is 14.5 Å². The molecule has 9 nitrogen and oxygen atoms in total. The van der Waals surface area contributed by atoms with E-state index in [2.05, 4.69) is 15.5 Å². The first-order valence-electron chi connectivity index (χ1n) is 7.65. The van der Waals surface area contributed by atoms with Gasteiger partial charge in [0.25, 0.3) is 5.91 Å². The topological polar surface area (TPSA) is 104 Å². The number of esters is 1. The first-order chi connectivity index (χ1) is 12.1. The molecule has 0 fully saturated rings. The molecule has 0 aliphatic heterocycles. The number of hydrogen-bond donors (Lipinski definition) is 1. The van der Waals surface area contributed by atoms with Crippen LogP contribution < -0.4 is 5.32 Å². The van der Waals surface area contributed by atoms with Gasteiger partial charge in [-0.3, -0.25) is 14.2 Å². The van der Waals surface area contributed by atoms with Crippen LogP contribution in [-0.2, 0) is 18.3 Å². The summed E-state index contributed by atoms with van der Waals surface area (Å²) >= 11 is 0. The molecule has 130 valence electrons. The predicted octanol–water partition coefficient (Wildman–Crippen LogP) is 1.69. The lowest BCUT2D eigenvalue weighted by atomic mass is 10.3. The van der Waals surface area contributed by atoms with Gasteiger partial charge in [-0.05, 0) is 25.1 Å². The van der Waals surface area contributed by atoms with Gasteiger partial charge in [0, 0.05) is 19.4 Å². The number of hydrogen-bond acceptors (Lipinski definition) is 6. The molecule has 0 spiro atoms. The number of anilines is 1. The summed E-state index contributed by atoms with van der Waals surface area (Å²) in [6.45, 7) is 2.35. The van der Waals surface area contributed by atoms with E-state index in [0.717, 1.165) is 0 Å². The average Bonchev–Trinajstić information content (AvgIpc) is 3.31. The molecule has 0 saturated carbocycles. The van der Waals surface area contributed by atoms with Crippen LogP contribution in [0, 0.1) is 0 Å². The SMILES string of the molecule is CCOC(=O)c1cnn(C)c1NC(=O)c1ccc(Cn2cccn2)o1. The number of rotatable bonds is 6. The number of furan rings is 1. The molecule has 0 bridgehead atoms. The Hall–Kier alpha value is -3.36. The molecule has 0 aliphatic rings. The maximum Gasteiger partial charge on any atom is 0.343 e. The van der Waals surface area contributed by atoms with Crippen molar-refractivity contribution in [2.24, 2.45) is 7.05 Å². The van der Waals surface area contributed by atoms with Gasteiger partial charge in [-0.25, -0.2) is 4.79 Å². The number of carbonyl (C=O) groups excluding carboxylic acids is 2. The van der Waals surface area contributed by atoms with Crippen LogP contribution in [0.5, 0.6) is 0 Å². The standard InChI is InChI=1S/C16H17N5O4/c1-3-24-16(23)12-9-18-20(2)14(12)19-15(22)13-6-5-11(25-13)10-21-8-4-7-17-21/h4-9H,3,10H2,1-2H3,(H,19,22). The lowest BCUT2D eigenvalue weighted by Crippen LogP contribution is -2.17. The predicted molar refractivity (Wildman–Crippen MR) is 87.2 cm³/mol. The fourth-order valence-corrected chi connectivity index (χ4v) is 2.25. The summed E-state index contributed by atoms with van der Waals surface area (Å²) in [5, 5.41) is 10.7. The largest absolute Gasteiger partial charge is 0.462 e. The molecule has 0 aromatic carbocycles. The van der Waals surface area contributed by atoms with Crippen molar-refractivity contribution < 1.29 is 18.7 Å². The zero-order valence-corrected chi connectivity index (χ0v) is 13.8. The minimum Gasteiger partial charge on any atom is -0.462 e. The molecular formula is C16H17N5O4. The molecule has 3 rings (SSSR count). The number of aromatic nitrogens is 4. The summed E-state index contributed by atoms with van der Waals surface area (Å²) in [6, 6.07) is 5.07. The van der Waals surface area contributed by atoms with Gasteiger partial charge in [-0.2, -0.15) is 10.2 Å².